The van der Waals surface area contributed by atoms with Crippen molar-refractivity contribution in [3.8, 4) is 5.75 Å². The molecule has 0 radical (unpaired) electrons. The summed E-state index contributed by atoms with van der Waals surface area (Å²) >= 11 is 0. The van der Waals surface area contributed by atoms with Crippen molar-refractivity contribution in [1.29, 1.82) is 0 Å². The van der Waals surface area contributed by atoms with Crippen molar-refractivity contribution >= 4 is 11.6 Å². The van der Waals surface area contributed by atoms with Gasteiger partial charge >= 0.3 is 0 Å². The van der Waals surface area contributed by atoms with Crippen molar-refractivity contribution in [2.45, 2.75) is 13.3 Å². The molecule has 5 heteroatoms. The highest BCUT2D eigenvalue weighted by atomic mass is 19.1. The number of pyridine rings is 1. The standard InChI is InChI=1S/C15H15FN2O2/c1-2-10-20-13-8-4-3-7-12(13)18-15(19)11-6-5-9-17-14(11)16/h3-9H,2,10H2,1H3,(H,18,19). The van der Waals surface area contributed by atoms with Crippen LogP contribution >= 0.6 is 0 Å². The zero-order valence-corrected chi connectivity index (χ0v) is 11.1. The van der Waals surface area contributed by atoms with Crippen LogP contribution in [0.25, 0.3) is 0 Å². The van der Waals surface area contributed by atoms with E-state index in [1.165, 1.54) is 18.3 Å². The van der Waals surface area contributed by atoms with Gasteiger partial charge in [-0.1, -0.05) is 19.1 Å². The largest absolute Gasteiger partial charge is 0.491 e. The van der Waals surface area contributed by atoms with Crippen LogP contribution in [0.2, 0.25) is 0 Å². The number of nitrogens with one attached hydrogen (secondary N) is 1. The van der Waals surface area contributed by atoms with Crippen molar-refractivity contribution < 1.29 is 13.9 Å². The Morgan fingerprint density at radius 1 is 1.30 bits per heavy atom. The third-order valence-corrected chi connectivity index (χ3v) is 2.60. The lowest BCUT2D eigenvalue weighted by Crippen LogP contribution is -2.15. The number of para-hydroxylation sites is 2. The fourth-order valence-corrected chi connectivity index (χ4v) is 1.65. The molecule has 1 aromatic heterocycles. The second-order valence-corrected chi connectivity index (χ2v) is 4.14. The highest BCUT2D eigenvalue weighted by molar-refractivity contribution is 6.04. The van der Waals surface area contributed by atoms with Crippen molar-refractivity contribution in [1.82, 2.24) is 4.98 Å². The van der Waals surface area contributed by atoms with E-state index in [-0.39, 0.29) is 5.56 Å². The molecule has 20 heavy (non-hydrogen) atoms. The zero-order chi connectivity index (χ0) is 14.4. The van der Waals surface area contributed by atoms with Crippen LogP contribution in [0.15, 0.2) is 42.6 Å². The third kappa shape index (κ3) is 3.32. The smallest absolute Gasteiger partial charge is 0.260 e. The number of amides is 1. The highest BCUT2D eigenvalue weighted by Crippen LogP contribution is 2.24. The van der Waals surface area contributed by atoms with Crippen molar-refractivity contribution in [2.24, 2.45) is 0 Å². The molecular weight excluding hydrogens is 259 g/mol. The minimum atomic E-state index is -0.794. The first-order valence-corrected chi connectivity index (χ1v) is 6.36. The molecule has 4 nitrogen and oxygen atoms in total. The minimum absolute atomic E-state index is 0.0993. The second kappa shape index (κ2) is 6.65. The third-order valence-electron chi connectivity index (χ3n) is 2.60. The van der Waals surface area contributed by atoms with Crippen LogP contribution in [0, 0.1) is 5.95 Å². The maximum absolute atomic E-state index is 13.4. The molecule has 0 aliphatic rings. The molecule has 0 aliphatic carbocycles. The fourth-order valence-electron chi connectivity index (χ4n) is 1.65. The number of hydrogen-bond acceptors (Lipinski definition) is 3. The normalized spacial score (nSPS) is 10.1. The van der Waals surface area contributed by atoms with Gasteiger partial charge in [0.1, 0.15) is 5.75 Å². The lowest BCUT2D eigenvalue weighted by molar-refractivity contribution is 0.102. The van der Waals surface area contributed by atoms with E-state index in [9.17, 15) is 9.18 Å². The van der Waals surface area contributed by atoms with Gasteiger partial charge in [-0.25, -0.2) is 4.98 Å². The summed E-state index contributed by atoms with van der Waals surface area (Å²) < 4.78 is 19.0. The lowest BCUT2D eigenvalue weighted by Gasteiger charge is -2.11. The lowest BCUT2D eigenvalue weighted by atomic mass is 10.2. The summed E-state index contributed by atoms with van der Waals surface area (Å²) in [7, 11) is 0. The highest BCUT2D eigenvalue weighted by Gasteiger charge is 2.14. The summed E-state index contributed by atoms with van der Waals surface area (Å²) in [6, 6.07) is 9.94. The van der Waals surface area contributed by atoms with Gasteiger partial charge in [-0.2, -0.15) is 4.39 Å². The van der Waals surface area contributed by atoms with Gasteiger partial charge in [0.2, 0.25) is 5.95 Å². The van der Waals surface area contributed by atoms with Gasteiger partial charge in [-0.05, 0) is 30.7 Å². The van der Waals surface area contributed by atoms with E-state index < -0.39 is 11.9 Å². The number of nitrogens with zero attached hydrogens (tertiary/aromatic N) is 1. The average Bonchev–Trinajstić information content (AvgIpc) is 2.46. The maximum Gasteiger partial charge on any atom is 0.260 e. The Morgan fingerprint density at radius 2 is 2.10 bits per heavy atom. The Morgan fingerprint density at radius 3 is 2.85 bits per heavy atom. The van der Waals surface area contributed by atoms with Gasteiger partial charge in [0.15, 0.2) is 0 Å². The SMILES string of the molecule is CCCOc1ccccc1NC(=O)c1cccnc1F. The van der Waals surface area contributed by atoms with Crippen molar-refractivity contribution in [2.75, 3.05) is 11.9 Å². The van der Waals surface area contributed by atoms with E-state index in [2.05, 4.69) is 10.3 Å². The van der Waals surface area contributed by atoms with E-state index in [4.69, 9.17) is 4.74 Å². The van der Waals surface area contributed by atoms with Crippen LogP contribution in [0.4, 0.5) is 10.1 Å². The molecule has 1 N–H and O–H groups in total. The zero-order valence-electron chi connectivity index (χ0n) is 11.1. The van der Waals surface area contributed by atoms with Gasteiger partial charge in [0, 0.05) is 6.20 Å². The van der Waals surface area contributed by atoms with E-state index in [1.54, 1.807) is 18.2 Å². The summed E-state index contributed by atoms with van der Waals surface area (Å²) in [4.78, 5) is 15.5. The summed E-state index contributed by atoms with van der Waals surface area (Å²) in [5.74, 6) is -0.785. The summed E-state index contributed by atoms with van der Waals surface area (Å²) in [6.07, 6.45) is 2.16. The van der Waals surface area contributed by atoms with Crippen LogP contribution < -0.4 is 10.1 Å². The van der Waals surface area contributed by atoms with Crippen LogP contribution in [0.5, 0.6) is 5.75 Å². The van der Waals surface area contributed by atoms with Crippen LogP contribution in [-0.2, 0) is 0 Å². The van der Waals surface area contributed by atoms with Crippen molar-refractivity contribution in [3.05, 3.63) is 54.1 Å². The molecular formula is C15H15FN2O2. The van der Waals surface area contributed by atoms with Crippen LogP contribution in [0.3, 0.4) is 0 Å². The monoisotopic (exact) mass is 274 g/mol. The van der Waals surface area contributed by atoms with E-state index in [1.807, 2.05) is 13.0 Å². The molecule has 2 aromatic rings. The molecule has 0 bridgehead atoms. The van der Waals surface area contributed by atoms with E-state index >= 15 is 0 Å². The van der Waals surface area contributed by atoms with Gasteiger partial charge in [-0.3, -0.25) is 4.79 Å². The first kappa shape index (κ1) is 14.0. The Bertz CT molecular complexity index is 602. The Balaban J connectivity index is 2.18. The predicted octanol–water partition coefficient (Wildman–Crippen LogP) is 3.26. The quantitative estimate of drug-likeness (QED) is 0.851. The van der Waals surface area contributed by atoms with Crippen LogP contribution in [-0.4, -0.2) is 17.5 Å². The van der Waals surface area contributed by atoms with Gasteiger partial charge in [0.25, 0.3) is 5.91 Å². The number of carbonyl (C=O) groups excluding carboxylic acids is 1. The minimum Gasteiger partial charge on any atom is -0.491 e. The Hall–Kier alpha value is -2.43. The van der Waals surface area contributed by atoms with Crippen molar-refractivity contribution in [3.63, 3.8) is 0 Å². The van der Waals surface area contributed by atoms with E-state index in [0.29, 0.717) is 18.0 Å². The number of aromatic nitrogens is 1. The molecule has 0 aliphatic heterocycles. The molecule has 0 atom stereocenters. The molecule has 104 valence electrons. The van der Waals surface area contributed by atoms with Gasteiger partial charge in [-0.15, -0.1) is 0 Å². The average molecular weight is 274 g/mol. The number of rotatable bonds is 5. The number of halogens is 1. The number of anilines is 1. The molecule has 0 spiro atoms. The topological polar surface area (TPSA) is 51.2 Å². The van der Waals surface area contributed by atoms with Gasteiger partial charge in [0.05, 0.1) is 17.9 Å². The van der Waals surface area contributed by atoms with Gasteiger partial charge < -0.3 is 10.1 Å². The van der Waals surface area contributed by atoms with Crippen LogP contribution in [0.1, 0.15) is 23.7 Å². The first-order chi connectivity index (χ1) is 9.72. The fraction of sp³-hybridized carbons (Fsp3) is 0.200. The predicted molar refractivity (Wildman–Crippen MR) is 74.4 cm³/mol. The maximum atomic E-state index is 13.4. The molecule has 1 amide bonds. The number of hydrogen-bond donors (Lipinski definition) is 1. The second-order valence-electron chi connectivity index (χ2n) is 4.14. The molecule has 1 heterocycles. The molecule has 0 fully saturated rings. The van der Waals surface area contributed by atoms with E-state index in [0.717, 1.165) is 6.42 Å². The first-order valence-electron chi connectivity index (χ1n) is 6.36. The molecule has 0 saturated heterocycles. The molecule has 2 rings (SSSR count). The number of ether oxygens (including phenoxy) is 1. The summed E-state index contributed by atoms with van der Waals surface area (Å²) in [6.45, 7) is 2.54. The summed E-state index contributed by atoms with van der Waals surface area (Å²) in [5.41, 5.74) is 0.409. The number of carbonyl (C=O) groups is 1. The molecule has 0 unspecified atom stereocenters. The molecule has 0 saturated carbocycles. The number of benzene rings is 1. The molecule has 1 aromatic carbocycles. The Labute approximate surface area is 116 Å². The Kier molecular flexibility index (Phi) is 4.65. The summed E-state index contributed by atoms with van der Waals surface area (Å²) in [5, 5.41) is 2.63.